The highest BCUT2D eigenvalue weighted by atomic mass is 32.2. The average Bonchev–Trinajstić information content (AvgIpc) is 2.98. The summed E-state index contributed by atoms with van der Waals surface area (Å²) >= 11 is 1.95. The van der Waals surface area contributed by atoms with Gasteiger partial charge < -0.3 is 9.84 Å². The van der Waals surface area contributed by atoms with E-state index in [-0.39, 0.29) is 6.04 Å². The zero-order valence-corrected chi connectivity index (χ0v) is 11.0. The van der Waals surface area contributed by atoms with E-state index in [9.17, 15) is 0 Å². The lowest BCUT2D eigenvalue weighted by atomic mass is 10.1. The van der Waals surface area contributed by atoms with Crippen LogP contribution in [0.2, 0.25) is 0 Å². The Labute approximate surface area is 106 Å². The molecule has 3 atom stereocenters. The molecule has 1 saturated heterocycles. The summed E-state index contributed by atoms with van der Waals surface area (Å²) < 4.78 is 5.41. The maximum Gasteiger partial charge on any atom is 0.244 e. The van der Waals surface area contributed by atoms with Gasteiger partial charge >= 0.3 is 0 Å². The fraction of sp³-hybridized carbons (Fsp3) is 0.833. The molecule has 3 unspecified atom stereocenters. The van der Waals surface area contributed by atoms with Gasteiger partial charge in [0.15, 0.2) is 5.82 Å². The van der Waals surface area contributed by atoms with Crippen LogP contribution in [0.25, 0.3) is 0 Å². The first-order valence-corrected chi connectivity index (χ1v) is 7.63. The van der Waals surface area contributed by atoms with Gasteiger partial charge in [-0.2, -0.15) is 16.7 Å². The smallest absolute Gasteiger partial charge is 0.244 e. The minimum absolute atomic E-state index is 0.258. The zero-order valence-electron chi connectivity index (χ0n) is 10.2. The molecule has 5 heteroatoms. The molecule has 0 aromatic carbocycles. The Bertz CT molecular complexity index is 356. The Kier molecular flexibility index (Phi) is 3.38. The van der Waals surface area contributed by atoms with Crippen LogP contribution in [0, 0.1) is 5.92 Å². The molecule has 1 aliphatic carbocycles. The molecule has 3 rings (SSSR count). The molecule has 1 saturated carbocycles. The van der Waals surface area contributed by atoms with Crippen molar-refractivity contribution < 1.29 is 4.52 Å². The van der Waals surface area contributed by atoms with Crippen molar-refractivity contribution in [3.63, 3.8) is 0 Å². The molecular formula is C12H19N3OS. The first kappa shape index (κ1) is 11.5. The van der Waals surface area contributed by atoms with E-state index in [1.807, 2.05) is 11.8 Å². The van der Waals surface area contributed by atoms with Gasteiger partial charge in [0.25, 0.3) is 0 Å². The second-order valence-electron chi connectivity index (χ2n) is 5.19. The lowest BCUT2D eigenvalue weighted by molar-refractivity contribution is 0.337. The number of aromatic nitrogens is 2. The third kappa shape index (κ3) is 2.50. The van der Waals surface area contributed by atoms with Crippen LogP contribution in [0.15, 0.2) is 4.52 Å². The van der Waals surface area contributed by atoms with E-state index in [2.05, 4.69) is 22.4 Å². The van der Waals surface area contributed by atoms with Crippen molar-refractivity contribution in [1.29, 1.82) is 0 Å². The van der Waals surface area contributed by atoms with Crippen LogP contribution in [-0.4, -0.2) is 28.2 Å². The molecule has 94 valence electrons. The molecule has 1 aromatic rings. The predicted octanol–water partition coefficient (Wildman–Crippen LogP) is 2.35. The molecule has 2 fully saturated rings. The van der Waals surface area contributed by atoms with E-state index in [0.717, 1.165) is 29.9 Å². The molecule has 2 aliphatic rings. The monoisotopic (exact) mass is 253 g/mol. The van der Waals surface area contributed by atoms with Crippen molar-refractivity contribution in [2.24, 2.45) is 5.92 Å². The number of hydrogen-bond acceptors (Lipinski definition) is 5. The summed E-state index contributed by atoms with van der Waals surface area (Å²) in [5.74, 6) is 5.28. The molecule has 1 aliphatic heterocycles. The van der Waals surface area contributed by atoms with Gasteiger partial charge in [-0.15, -0.1) is 0 Å². The summed E-state index contributed by atoms with van der Waals surface area (Å²) in [7, 11) is 0. The Morgan fingerprint density at radius 2 is 2.35 bits per heavy atom. The van der Waals surface area contributed by atoms with Crippen molar-refractivity contribution in [3.8, 4) is 0 Å². The highest BCUT2D eigenvalue weighted by Gasteiger charge is 2.28. The highest BCUT2D eigenvalue weighted by Crippen LogP contribution is 2.36. The van der Waals surface area contributed by atoms with Crippen LogP contribution >= 0.6 is 11.8 Å². The average molecular weight is 253 g/mol. The Morgan fingerprint density at radius 3 is 3.06 bits per heavy atom. The molecule has 0 spiro atoms. The molecule has 0 bridgehead atoms. The maximum atomic E-state index is 5.41. The van der Waals surface area contributed by atoms with Crippen LogP contribution in [0.1, 0.15) is 49.9 Å². The lowest BCUT2D eigenvalue weighted by Gasteiger charge is -2.19. The van der Waals surface area contributed by atoms with Gasteiger partial charge in [-0.3, -0.25) is 0 Å². The quantitative estimate of drug-likeness (QED) is 0.876. The molecule has 17 heavy (non-hydrogen) atoms. The molecule has 2 heterocycles. The lowest BCUT2D eigenvalue weighted by Crippen LogP contribution is -2.30. The largest absolute Gasteiger partial charge is 0.338 e. The van der Waals surface area contributed by atoms with Crippen LogP contribution in [-0.2, 0) is 0 Å². The van der Waals surface area contributed by atoms with Crippen LogP contribution in [0.5, 0.6) is 0 Å². The first-order chi connectivity index (χ1) is 8.33. The van der Waals surface area contributed by atoms with Crippen molar-refractivity contribution in [1.82, 2.24) is 15.5 Å². The molecule has 1 aromatic heterocycles. The summed E-state index contributed by atoms with van der Waals surface area (Å²) in [6, 6.07) is 0.258. The number of rotatable bonds is 2. The number of nitrogens with zero attached hydrogens (tertiary/aromatic N) is 2. The van der Waals surface area contributed by atoms with E-state index in [1.54, 1.807) is 0 Å². The maximum absolute atomic E-state index is 5.41. The van der Waals surface area contributed by atoms with Gasteiger partial charge in [0.1, 0.15) is 0 Å². The second-order valence-corrected chi connectivity index (χ2v) is 6.34. The van der Waals surface area contributed by atoms with Gasteiger partial charge in [-0.1, -0.05) is 12.1 Å². The number of nitrogens with one attached hydrogen (secondary N) is 1. The SMILES string of the molecule is CC1CCC(c2noc(C3CSCCN3)n2)C1. The summed E-state index contributed by atoms with van der Waals surface area (Å²) in [6.45, 7) is 3.34. The van der Waals surface area contributed by atoms with E-state index >= 15 is 0 Å². The Hall–Kier alpha value is -0.550. The van der Waals surface area contributed by atoms with Crippen molar-refractivity contribution in [2.45, 2.75) is 38.1 Å². The van der Waals surface area contributed by atoms with Gasteiger partial charge in [-0.05, 0) is 25.2 Å². The van der Waals surface area contributed by atoms with E-state index in [1.165, 1.54) is 25.0 Å². The first-order valence-electron chi connectivity index (χ1n) is 6.47. The van der Waals surface area contributed by atoms with E-state index in [0.29, 0.717) is 5.92 Å². The van der Waals surface area contributed by atoms with Gasteiger partial charge in [0, 0.05) is 24.0 Å². The standard InChI is InChI=1S/C12H19N3OS/c1-8-2-3-9(6-8)11-14-12(16-15-11)10-7-17-5-4-13-10/h8-10,13H,2-7H2,1H3. The molecule has 1 N–H and O–H groups in total. The van der Waals surface area contributed by atoms with Gasteiger partial charge in [-0.25, -0.2) is 0 Å². The minimum atomic E-state index is 0.258. The fourth-order valence-electron chi connectivity index (χ4n) is 2.72. The van der Waals surface area contributed by atoms with Crippen molar-refractivity contribution in [2.75, 3.05) is 18.1 Å². The Morgan fingerprint density at radius 1 is 1.41 bits per heavy atom. The van der Waals surface area contributed by atoms with Gasteiger partial charge in [0.05, 0.1) is 6.04 Å². The predicted molar refractivity (Wildman–Crippen MR) is 68.1 cm³/mol. The molecule has 0 amide bonds. The van der Waals surface area contributed by atoms with Crippen LogP contribution in [0.3, 0.4) is 0 Å². The summed E-state index contributed by atoms with van der Waals surface area (Å²) in [4.78, 5) is 4.60. The Balaban J connectivity index is 1.69. The van der Waals surface area contributed by atoms with Crippen molar-refractivity contribution >= 4 is 11.8 Å². The third-order valence-electron chi connectivity index (χ3n) is 3.74. The topological polar surface area (TPSA) is 51.0 Å². The normalized spacial score (nSPS) is 34.1. The summed E-state index contributed by atoms with van der Waals surface area (Å²) in [5, 5.41) is 7.60. The summed E-state index contributed by atoms with van der Waals surface area (Å²) in [6.07, 6.45) is 3.73. The molecular weight excluding hydrogens is 234 g/mol. The van der Waals surface area contributed by atoms with E-state index < -0.39 is 0 Å². The van der Waals surface area contributed by atoms with Crippen LogP contribution < -0.4 is 5.32 Å². The fourth-order valence-corrected chi connectivity index (χ4v) is 3.65. The second kappa shape index (κ2) is 4.98. The van der Waals surface area contributed by atoms with Gasteiger partial charge in [0.2, 0.25) is 5.89 Å². The third-order valence-corrected chi connectivity index (χ3v) is 4.80. The highest BCUT2D eigenvalue weighted by molar-refractivity contribution is 7.99. The molecule has 0 radical (unpaired) electrons. The number of thioether (sulfide) groups is 1. The van der Waals surface area contributed by atoms with Crippen LogP contribution in [0.4, 0.5) is 0 Å². The zero-order chi connectivity index (χ0) is 11.7. The van der Waals surface area contributed by atoms with Crippen molar-refractivity contribution in [3.05, 3.63) is 11.7 Å². The number of hydrogen-bond donors (Lipinski definition) is 1. The minimum Gasteiger partial charge on any atom is -0.338 e. The van der Waals surface area contributed by atoms with E-state index in [4.69, 9.17) is 4.52 Å². The summed E-state index contributed by atoms with van der Waals surface area (Å²) in [5.41, 5.74) is 0. The molecule has 4 nitrogen and oxygen atoms in total.